The number of aliphatic hydroxyl groups excluding tert-OH is 1. The van der Waals surface area contributed by atoms with Gasteiger partial charge in [0.25, 0.3) is 0 Å². The summed E-state index contributed by atoms with van der Waals surface area (Å²) in [4.78, 5) is 12.2. The largest absolute Gasteiger partial charge is 0.392 e. The molecular weight excluding hydrogens is 268 g/mol. The minimum absolute atomic E-state index is 0.122. The van der Waals surface area contributed by atoms with Gasteiger partial charge in [0.1, 0.15) is 11.9 Å². The van der Waals surface area contributed by atoms with E-state index in [2.05, 4.69) is 10.6 Å². The number of anilines is 1. The Morgan fingerprint density at radius 3 is 2.90 bits per heavy atom. The zero-order valence-electron chi connectivity index (χ0n) is 11.6. The number of carbonyl (C=O) groups is 1. The van der Waals surface area contributed by atoms with Gasteiger partial charge in [0, 0.05) is 17.8 Å². The lowest BCUT2D eigenvalue weighted by Crippen LogP contribution is -2.29. The lowest BCUT2D eigenvalue weighted by molar-refractivity contribution is 0.104. The van der Waals surface area contributed by atoms with E-state index in [0.717, 1.165) is 0 Å². The highest BCUT2D eigenvalue weighted by atomic mass is 16.3. The number of hydrogen-bond donors (Lipinski definition) is 4. The summed E-state index contributed by atoms with van der Waals surface area (Å²) in [5, 5.41) is 24.1. The van der Waals surface area contributed by atoms with Gasteiger partial charge in [0.2, 0.25) is 5.78 Å². The Labute approximate surface area is 122 Å². The van der Waals surface area contributed by atoms with E-state index < -0.39 is 6.10 Å². The van der Waals surface area contributed by atoms with E-state index in [1.54, 1.807) is 25.1 Å². The smallest absolute Gasteiger partial charge is 0.211 e. The van der Waals surface area contributed by atoms with E-state index in [4.69, 9.17) is 11.0 Å². The summed E-state index contributed by atoms with van der Waals surface area (Å²) in [6.07, 6.45) is 0.818. The Morgan fingerprint density at radius 2 is 2.29 bits per heavy atom. The van der Waals surface area contributed by atoms with Crippen LogP contribution in [-0.4, -0.2) is 23.5 Å². The van der Waals surface area contributed by atoms with Crippen molar-refractivity contribution in [1.29, 1.82) is 5.26 Å². The molecule has 1 aromatic carbocycles. The summed E-state index contributed by atoms with van der Waals surface area (Å²) in [6, 6.07) is 9.05. The molecule has 0 aliphatic carbocycles. The molecule has 0 radical (unpaired) electrons. The summed E-state index contributed by atoms with van der Waals surface area (Å²) in [7, 11) is 0. The monoisotopic (exact) mass is 284 g/mol. The molecule has 0 spiro atoms. The lowest BCUT2D eigenvalue weighted by atomic mass is 10.1. The maximum absolute atomic E-state index is 12.2. The zero-order chi connectivity index (χ0) is 15.4. The molecule has 0 fully saturated rings. The maximum Gasteiger partial charge on any atom is 0.211 e. The number of rotatable bonds is 4. The Hall–Kier alpha value is -2.78. The Balaban J connectivity index is 2.25. The molecule has 1 aliphatic heterocycles. The number of nitriles is 1. The first-order valence-corrected chi connectivity index (χ1v) is 6.47. The van der Waals surface area contributed by atoms with Crippen molar-refractivity contribution in [2.24, 2.45) is 5.73 Å². The number of para-hydroxylation sites is 1. The molecule has 0 bridgehead atoms. The van der Waals surface area contributed by atoms with Gasteiger partial charge in [-0.25, -0.2) is 0 Å². The Kier molecular flexibility index (Phi) is 4.26. The van der Waals surface area contributed by atoms with Crippen molar-refractivity contribution < 1.29 is 9.90 Å². The average molecular weight is 284 g/mol. The maximum atomic E-state index is 12.2. The number of allylic oxidation sites excluding steroid dienone is 3. The normalized spacial score (nSPS) is 17.6. The van der Waals surface area contributed by atoms with Crippen LogP contribution in [-0.2, 0) is 0 Å². The number of benzene rings is 1. The van der Waals surface area contributed by atoms with Crippen molar-refractivity contribution in [1.82, 2.24) is 5.32 Å². The summed E-state index contributed by atoms with van der Waals surface area (Å²) in [6.45, 7) is 1.82. The fourth-order valence-electron chi connectivity index (χ4n) is 1.91. The van der Waals surface area contributed by atoms with Crippen LogP contribution in [0.15, 0.2) is 47.4 Å². The molecule has 0 saturated heterocycles. The second kappa shape index (κ2) is 6.11. The standard InChI is InChI=1S/C15H16N4O2/c1-9(20)8-18-15(17)10(7-16)6-13-14(21)11-4-2-3-5-12(11)19-13/h2-6,9,18-20H,8,17H2,1H3/b13-6+,15-10+. The molecule has 108 valence electrons. The van der Waals surface area contributed by atoms with E-state index in [1.165, 1.54) is 6.08 Å². The number of nitrogens with zero attached hydrogens (tertiary/aromatic N) is 1. The summed E-state index contributed by atoms with van der Waals surface area (Å²) in [5.74, 6) is -0.0573. The second-order valence-electron chi connectivity index (χ2n) is 4.73. The van der Waals surface area contributed by atoms with Gasteiger partial charge < -0.3 is 21.5 Å². The first-order chi connectivity index (χ1) is 10.0. The number of nitrogens with two attached hydrogens (primary N) is 1. The van der Waals surface area contributed by atoms with E-state index in [9.17, 15) is 9.90 Å². The predicted octanol–water partition coefficient (Wildman–Crippen LogP) is 0.843. The average Bonchev–Trinajstić information content (AvgIpc) is 2.79. The van der Waals surface area contributed by atoms with Crippen LogP contribution in [0.5, 0.6) is 0 Å². The summed E-state index contributed by atoms with van der Waals surface area (Å²) >= 11 is 0. The molecule has 0 amide bonds. The minimum Gasteiger partial charge on any atom is -0.392 e. The van der Waals surface area contributed by atoms with Crippen LogP contribution in [0, 0.1) is 11.3 Å². The first kappa shape index (κ1) is 14.6. The van der Waals surface area contributed by atoms with Crippen molar-refractivity contribution in [3.05, 3.63) is 53.0 Å². The van der Waals surface area contributed by atoms with Crippen LogP contribution in [0.1, 0.15) is 17.3 Å². The lowest BCUT2D eigenvalue weighted by Gasteiger charge is -2.09. The second-order valence-corrected chi connectivity index (χ2v) is 4.73. The number of hydrogen-bond acceptors (Lipinski definition) is 6. The fraction of sp³-hybridized carbons (Fsp3) is 0.200. The molecule has 1 atom stereocenters. The topological polar surface area (TPSA) is 111 Å². The van der Waals surface area contributed by atoms with Crippen molar-refractivity contribution in [3.63, 3.8) is 0 Å². The van der Waals surface area contributed by atoms with Crippen molar-refractivity contribution in [2.75, 3.05) is 11.9 Å². The van der Waals surface area contributed by atoms with Gasteiger partial charge in [-0.1, -0.05) is 12.1 Å². The van der Waals surface area contributed by atoms with Gasteiger partial charge in [-0.05, 0) is 25.1 Å². The van der Waals surface area contributed by atoms with Crippen LogP contribution >= 0.6 is 0 Å². The van der Waals surface area contributed by atoms with E-state index in [0.29, 0.717) is 16.9 Å². The van der Waals surface area contributed by atoms with Crippen molar-refractivity contribution >= 4 is 11.5 Å². The van der Waals surface area contributed by atoms with Crippen LogP contribution in [0.2, 0.25) is 0 Å². The predicted molar refractivity (Wildman–Crippen MR) is 79.0 cm³/mol. The SMILES string of the molecule is CC(O)CN/C(N)=C(C#N)\C=C1\Nc2ccccc2C1=O. The van der Waals surface area contributed by atoms with Crippen molar-refractivity contribution in [2.45, 2.75) is 13.0 Å². The number of nitrogens with one attached hydrogen (secondary N) is 2. The molecule has 0 saturated carbocycles. The van der Waals surface area contributed by atoms with E-state index in [1.807, 2.05) is 12.1 Å². The fourth-order valence-corrected chi connectivity index (χ4v) is 1.91. The van der Waals surface area contributed by atoms with E-state index in [-0.39, 0.29) is 23.7 Å². The van der Waals surface area contributed by atoms with Crippen molar-refractivity contribution in [3.8, 4) is 6.07 Å². The molecule has 1 aliphatic rings. The Bertz CT molecular complexity index is 668. The third-order valence-corrected chi connectivity index (χ3v) is 2.97. The zero-order valence-corrected chi connectivity index (χ0v) is 11.6. The molecule has 1 aromatic rings. The Morgan fingerprint density at radius 1 is 1.57 bits per heavy atom. The van der Waals surface area contributed by atoms with Crippen LogP contribution in [0.25, 0.3) is 0 Å². The number of carbonyl (C=O) groups excluding carboxylic acids is 1. The highest BCUT2D eigenvalue weighted by molar-refractivity contribution is 6.18. The van der Waals surface area contributed by atoms with Crippen LogP contribution in [0.3, 0.4) is 0 Å². The van der Waals surface area contributed by atoms with Gasteiger partial charge in [0.15, 0.2) is 0 Å². The van der Waals surface area contributed by atoms with E-state index >= 15 is 0 Å². The van der Waals surface area contributed by atoms with Gasteiger partial charge >= 0.3 is 0 Å². The molecule has 6 nitrogen and oxygen atoms in total. The third-order valence-electron chi connectivity index (χ3n) is 2.97. The summed E-state index contributed by atoms with van der Waals surface area (Å²) in [5.41, 5.74) is 7.47. The summed E-state index contributed by atoms with van der Waals surface area (Å²) < 4.78 is 0. The number of aliphatic hydroxyl groups is 1. The van der Waals surface area contributed by atoms with Gasteiger partial charge in [0.05, 0.1) is 17.4 Å². The third kappa shape index (κ3) is 3.22. The van der Waals surface area contributed by atoms with Gasteiger partial charge in [-0.2, -0.15) is 5.26 Å². The van der Waals surface area contributed by atoms with Gasteiger partial charge in [-0.3, -0.25) is 4.79 Å². The molecule has 0 aromatic heterocycles. The van der Waals surface area contributed by atoms with Gasteiger partial charge in [-0.15, -0.1) is 0 Å². The van der Waals surface area contributed by atoms with Crippen LogP contribution in [0.4, 0.5) is 5.69 Å². The molecule has 2 rings (SSSR count). The molecule has 6 heteroatoms. The quantitative estimate of drug-likeness (QED) is 0.481. The first-order valence-electron chi connectivity index (χ1n) is 6.47. The number of Topliss-reactive ketones (excluding diaryl/α,β-unsaturated/α-hetero) is 1. The minimum atomic E-state index is -0.591. The highest BCUT2D eigenvalue weighted by Crippen LogP contribution is 2.27. The molecule has 1 unspecified atom stereocenters. The number of ketones is 1. The molecule has 1 heterocycles. The number of fused-ring (bicyclic) bond motifs is 1. The molecular formula is C15H16N4O2. The molecule has 5 N–H and O–H groups in total. The van der Waals surface area contributed by atoms with Crippen LogP contribution < -0.4 is 16.4 Å². The molecule has 21 heavy (non-hydrogen) atoms. The highest BCUT2D eigenvalue weighted by Gasteiger charge is 2.24.